The second kappa shape index (κ2) is 7.41. The molecule has 2 aromatic carbocycles. The second-order valence-electron chi connectivity index (χ2n) is 8.36. The molecule has 1 N–H and O–H groups in total. The summed E-state index contributed by atoms with van der Waals surface area (Å²) in [6.07, 6.45) is 3.51. The third kappa shape index (κ3) is 3.62. The van der Waals surface area contributed by atoms with Crippen LogP contribution < -0.4 is 5.32 Å². The third-order valence-corrected chi connectivity index (χ3v) is 6.62. The third-order valence-electron chi connectivity index (χ3n) is 6.62. The summed E-state index contributed by atoms with van der Waals surface area (Å²) in [6, 6.07) is 9.73. The molecule has 2 aromatic rings. The first-order valence-corrected chi connectivity index (χ1v) is 10.3. The van der Waals surface area contributed by atoms with Gasteiger partial charge < -0.3 is 10.1 Å². The van der Waals surface area contributed by atoms with Crippen molar-refractivity contribution in [3.05, 3.63) is 59.2 Å². The van der Waals surface area contributed by atoms with Crippen molar-refractivity contribution in [1.29, 1.82) is 0 Å². The van der Waals surface area contributed by atoms with Gasteiger partial charge in [-0.3, -0.25) is 4.90 Å². The van der Waals surface area contributed by atoms with E-state index < -0.39 is 11.6 Å². The molecule has 0 saturated carbocycles. The minimum absolute atomic E-state index is 0.00544. The Hall–Kier alpha value is -2.47. The van der Waals surface area contributed by atoms with Crippen molar-refractivity contribution < 1.29 is 18.3 Å². The molecule has 29 heavy (non-hydrogen) atoms. The lowest BCUT2D eigenvalue weighted by Crippen LogP contribution is -2.52. The number of alkyl carbamates (subject to hydrolysis) is 1. The molecule has 152 valence electrons. The van der Waals surface area contributed by atoms with Gasteiger partial charge in [0.2, 0.25) is 0 Å². The Labute approximate surface area is 168 Å². The van der Waals surface area contributed by atoms with Crippen LogP contribution in [0.1, 0.15) is 36.4 Å². The number of nitrogens with one attached hydrogen (secondary N) is 1. The zero-order valence-electron chi connectivity index (χ0n) is 16.2. The Kier molecular flexibility index (Phi) is 4.74. The Bertz CT molecular complexity index is 940. The van der Waals surface area contributed by atoms with Crippen molar-refractivity contribution in [1.82, 2.24) is 10.2 Å². The molecule has 4 aliphatic rings. The molecule has 0 radical (unpaired) electrons. The maximum absolute atomic E-state index is 13.6. The highest BCUT2D eigenvalue weighted by atomic mass is 19.2. The minimum Gasteiger partial charge on any atom is -0.445 e. The predicted octanol–water partition coefficient (Wildman–Crippen LogP) is 4.44. The molecular weight excluding hydrogens is 374 g/mol. The van der Waals surface area contributed by atoms with Crippen LogP contribution in [0, 0.1) is 17.6 Å². The van der Waals surface area contributed by atoms with Crippen LogP contribution >= 0.6 is 0 Å². The fourth-order valence-electron chi connectivity index (χ4n) is 4.98. The molecule has 3 aliphatic heterocycles. The summed E-state index contributed by atoms with van der Waals surface area (Å²) in [5.74, 6) is -1.21. The number of benzene rings is 2. The normalized spacial score (nSPS) is 27.5. The molecule has 3 fully saturated rings. The van der Waals surface area contributed by atoms with E-state index in [0.717, 1.165) is 68.1 Å². The number of aryl methyl sites for hydroxylation is 1. The molecule has 0 spiro atoms. The number of ether oxygens (including phenoxy) is 1. The van der Waals surface area contributed by atoms with Gasteiger partial charge in [-0.2, -0.15) is 0 Å². The lowest BCUT2D eigenvalue weighted by molar-refractivity contribution is -0.0339. The second-order valence-corrected chi connectivity index (χ2v) is 8.36. The average molecular weight is 398 g/mol. The van der Waals surface area contributed by atoms with Gasteiger partial charge in [-0.15, -0.1) is 0 Å². The molecule has 6 heteroatoms. The number of piperidine rings is 3. The van der Waals surface area contributed by atoms with Gasteiger partial charge in [-0.05, 0) is 79.1 Å². The Morgan fingerprint density at radius 2 is 1.76 bits per heavy atom. The van der Waals surface area contributed by atoms with Crippen molar-refractivity contribution >= 4 is 6.09 Å². The molecule has 1 aliphatic carbocycles. The predicted molar refractivity (Wildman–Crippen MR) is 105 cm³/mol. The molecule has 1 amide bonds. The van der Waals surface area contributed by atoms with Gasteiger partial charge in [-0.25, -0.2) is 13.6 Å². The summed E-state index contributed by atoms with van der Waals surface area (Å²) in [4.78, 5) is 14.8. The highest BCUT2D eigenvalue weighted by molar-refractivity contribution is 5.70. The van der Waals surface area contributed by atoms with Gasteiger partial charge in [0.1, 0.15) is 6.10 Å². The van der Waals surface area contributed by atoms with Crippen molar-refractivity contribution in [2.45, 2.75) is 37.8 Å². The van der Waals surface area contributed by atoms with Crippen LogP contribution in [0.25, 0.3) is 11.1 Å². The van der Waals surface area contributed by atoms with E-state index in [1.807, 2.05) is 18.2 Å². The van der Waals surface area contributed by atoms with Crippen molar-refractivity contribution in [3.63, 3.8) is 0 Å². The van der Waals surface area contributed by atoms with E-state index >= 15 is 0 Å². The van der Waals surface area contributed by atoms with E-state index in [1.54, 1.807) is 6.07 Å². The van der Waals surface area contributed by atoms with Crippen molar-refractivity contribution in [3.8, 4) is 11.1 Å². The zero-order valence-corrected chi connectivity index (χ0v) is 16.2. The minimum atomic E-state index is -0.849. The van der Waals surface area contributed by atoms with Crippen LogP contribution in [0.5, 0.6) is 0 Å². The van der Waals surface area contributed by atoms with E-state index in [9.17, 15) is 13.6 Å². The summed E-state index contributed by atoms with van der Waals surface area (Å²) >= 11 is 0. The van der Waals surface area contributed by atoms with Crippen LogP contribution in [0.4, 0.5) is 13.6 Å². The summed E-state index contributed by atoms with van der Waals surface area (Å²) in [5.41, 5.74) is 3.69. The summed E-state index contributed by atoms with van der Waals surface area (Å²) in [5, 5.41) is 3.03. The molecule has 3 saturated heterocycles. The van der Waals surface area contributed by atoms with Crippen molar-refractivity contribution in [2.24, 2.45) is 5.92 Å². The van der Waals surface area contributed by atoms with Crippen LogP contribution in [-0.2, 0) is 11.2 Å². The van der Waals surface area contributed by atoms with E-state index in [4.69, 9.17) is 4.74 Å². The van der Waals surface area contributed by atoms with E-state index in [0.29, 0.717) is 11.5 Å². The number of fused-ring (bicyclic) bond motifs is 4. The lowest BCUT2D eigenvalue weighted by atomic mass is 9.86. The monoisotopic (exact) mass is 398 g/mol. The van der Waals surface area contributed by atoms with Gasteiger partial charge in [0.25, 0.3) is 0 Å². The molecule has 6 rings (SSSR count). The lowest BCUT2D eigenvalue weighted by Gasteiger charge is -2.43. The molecule has 2 bridgehead atoms. The number of hydrogen-bond donors (Lipinski definition) is 1. The number of amides is 1. The number of hydrogen-bond acceptors (Lipinski definition) is 3. The quantitative estimate of drug-likeness (QED) is 0.831. The number of halogens is 2. The van der Waals surface area contributed by atoms with Gasteiger partial charge in [-0.1, -0.05) is 24.3 Å². The fourth-order valence-corrected chi connectivity index (χ4v) is 4.98. The SMILES string of the molecule is O=C(NC1CCc2cc(-c3ccc(F)c(F)c3)ccc21)O[C@H]1CN2CCC1CC2. The van der Waals surface area contributed by atoms with E-state index in [-0.39, 0.29) is 18.2 Å². The van der Waals surface area contributed by atoms with Gasteiger partial charge in [0.05, 0.1) is 6.04 Å². The number of carbonyl (C=O) groups excluding carboxylic acids is 1. The van der Waals surface area contributed by atoms with Crippen LogP contribution in [-0.4, -0.2) is 36.7 Å². The standard InChI is InChI=1S/C23H24F2N2O2/c24-19-5-2-16(12-20(19)25)15-1-4-18-17(11-15)3-6-21(18)26-23(28)29-22-13-27-9-7-14(22)8-10-27/h1-2,4-5,11-12,14,21-22H,3,6-10,13H2,(H,26,28)/t21?,22-/m0/s1. The fraction of sp³-hybridized carbons (Fsp3) is 0.435. The molecule has 1 unspecified atom stereocenters. The van der Waals surface area contributed by atoms with Crippen LogP contribution in [0.3, 0.4) is 0 Å². The average Bonchev–Trinajstić information content (AvgIpc) is 3.13. The van der Waals surface area contributed by atoms with Crippen LogP contribution in [0.15, 0.2) is 36.4 Å². The largest absolute Gasteiger partial charge is 0.445 e. The van der Waals surface area contributed by atoms with E-state index in [2.05, 4.69) is 10.2 Å². The smallest absolute Gasteiger partial charge is 0.407 e. The maximum Gasteiger partial charge on any atom is 0.407 e. The maximum atomic E-state index is 13.6. The van der Waals surface area contributed by atoms with Crippen molar-refractivity contribution in [2.75, 3.05) is 19.6 Å². The Balaban J connectivity index is 1.26. The van der Waals surface area contributed by atoms with E-state index in [1.165, 1.54) is 6.07 Å². The van der Waals surface area contributed by atoms with Crippen LogP contribution in [0.2, 0.25) is 0 Å². The molecule has 3 heterocycles. The molecule has 0 aromatic heterocycles. The highest BCUT2D eigenvalue weighted by Gasteiger charge is 2.37. The summed E-state index contributed by atoms with van der Waals surface area (Å²) < 4.78 is 32.5. The molecule has 4 nitrogen and oxygen atoms in total. The first-order valence-electron chi connectivity index (χ1n) is 10.3. The van der Waals surface area contributed by atoms with Gasteiger partial charge in [0, 0.05) is 6.54 Å². The highest BCUT2D eigenvalue weighted by Crippen LogP contribution is 2.35. The first kappa shape index (κ1) is 18.6. The van der Waals surface area contributed by atoms with Gasteiger partial charge in [0.15, 0.2) is 11.6 Å². The molecular formula is C23H24F2N2O2. The zero-order chi connectivity index (χ0) is 20.0. The summed E-state index contributed by atoms with van der Waals surface area (Å²) in [6.45, 7) is 3.07. The molecule has 2 atom stereocenters. The number of carbonyl (C=O) groups is 1. The first-order chi connectivity index (χ1) is 14.1. The van der Waals surface area contributed by atoms with Gasteiger partial charge >= 0.3 is 6.09 Å². The Morgan fingerprint density at radius 1 is 1.00 bits per heavy atom. The summed E-state index contributed by atoms with van der Waals surface area (Å²) in [7, 11) is 0. The topological polar surface area (TPSA) is 41.6 Å². The number of rotatable bonds is 3. The number of nitrogens with zero attached hydrogens (tertiary/aromatic N) is 1. The Morgan fingerprint density at radius 3 is 2.48 bits per heavy atom.